The molecule has 1 aliphatic rings. The van der Waals surface area contributed by atoms with Crippen molar-refractivity contribution in [1.82, 2.24) is 5.32 Å². The van der Waals surface area contributed by atoms with Crippen LogP contribution in [0.5, 0.6) is 0 Å². The highest BCUT2D eigenvalue weighted by Gasteiger charge is 2.30. The smallest absolute Gasteiger partial charge is 0.326 e. The highest BCUT2D eigenvalue weighted by Crippen LogP contribution is 2.33. The summed E-state index contributed by atoms with van der Waals surface area (Å²) in [7, 11) is 0. The van der Waals surface area contributed by atoms with Crippen LogP contribution in [-0.2, 0) is 16.0 Å². The summed E-state index contributed by atoms with van der Waals surface area (Å²) in [6, 6.07) is 6.82. The van der Waals surface area contributed by atoms with E-state index in [1.807, 2.05) is 19.9 Å². The number of aliphatic carboxylic acids is 1. The van der Waals surface area contributed by atoms with Gasteiger partial charge in [-0.25, -0.2) is 4.79 Å². The molecule has 1 atom stereocenters. The van der Waals surface area contributed by atoms with E-state index in [2.05, 4.69) is 5.32 Å². The molecule has 1 aromatic carbocycles. The number of amides is 1. The summed E-state index contributed by atoms with van der Waals surface area (Å²) in [5, 5.41) is 11.9. The molecule has 1 saturated carbocycles. The molecule has 1 aromatic rings. The van der Waals surface area contributed by atoms with Crippen LogP contribution in [-0.4, -0.2) is 23.0 Å². The van der Waals surface area contributed by atoms with Gasteiger partial charge >= 0.3 is 5.97 Å². The number of nitrogens with one attached hydrogen (secondary N) is 1. The molecule has 0 radical (unpaired) electrons. The van der Waals surface area contributed by atoms with Gasteiger partial charge in [0.1, 0.15) is 6.02 Å². The fourth-order valence-corrected chi connectivity index (χ4v) is 3.16. The van der Waals surface area contributed by atoms with Crippen molar-refractivity contribution in [2.24, 2.45) is 17.7 Å². The van der Waals surface area contributed by atoms with E-state index >= 15 is 0 Å². The largest absolute Gasteiger partial charge is 0.480 e. The van der Waals surface area contributed by atoms with Gasteiger partial charge in [-0.1, -0.05) is 44.2 Å². The van der Waals surface area contributed by atoms with Gasteiger partial charge in [0.2, 0.25) is 5.91 Å². The second kappa shape index (κ2) is 8.14. The number of hydrogen-bond acceptors (Lipinski definition) is 2. The summed E-state index contributed by atoms with van der Waals surface area (Å²) >= 11 is 0. The lowest BCUT2D eigenvalue weighted by molar-refractivity contribution is -0.142. The second-order valence-electron chi connectivity index (χ2n) is 6.56. The van der Waals surface area contributed by atoms with E-state index in [-0.39, 0.29) is 24.2 Å². The zero-order valence-corrected chi connectivity index (χ0v) is 13.8. The van der Waals surface area contributed by atoms with Crippen LogP contribution in [0.25, 0.3) is 0 Å². The highest BCUT2D eigenvalue weighted by atomic mass is 16.4. The number of carboxylic acids is 1. The maximum atomic E-state index is 12.5. The van der Waals surface area contributed by atoms with E-state index in [9.17, 15) is 14.7 Å². The Kier molecular flexibility index (Phi) is 5.21. The van der Waals surface area contributed by atoms with Crippen LogP contribution >= 0.6 is 0 Å². The summed E-state index contributed by atoms with van der Waals surface area (Å²) in [6.45, 7) is 3.77. The van der Waals surface area contributed by atoms with Crippen LogP contribution in [0.3, 0.4) is 0 Å². The Morgan fingerprint density at radius 1 is 1.22 bits per heavy atom. The molecule has 0 unspecified atom stereocenters. The monoisotopic (exact) mass is 319 g/mol. The normalized spacial score (nSPS) is 25.7. The van der Waals surface area contributed by atoms with Crippen molar-refractivity contribution in [2.45, 2.75) is 52.0 Å². The summed E-state index contributed by atoms with van der Waals surface area (Å²) in [6.07, 6.45) is 2.76. The summed E-state index contributed by atoms with van der Waals surface area (Å²) in [5.74, 6) is -2.27. The Morgan fingerprint density at radius 2 is 1.83 bits per heavy atom. The Morgan fingerprint density at radius 3 is 2.35 bits per heavy atom. The Bertz CT molecular complexity index is 607. The topological polar surface area (TPSA) is 66.4 Å². The summed E-state index contributed by atoms with van der Waals surface area (Å²) in [5.41, 5.74) is 0.694. The number of carbonyl (C=O) groups excluding carboxylic acids is 1. The SMILES string of the molecule is [2H]C(C)(C)C1CCC(C(=O)N[C@@]([2H])(Cc2ccccc2)C(=O)O)CC1. The predicted molar refractivity (Wildman–Crippen MR) is 90.0 cm³/mol. The third-order valence-corrected chi connectivity index (χ3v) is 4.67. The Balaban J connectivity index is 2.00. The van der Waals surface area contributed by atoms with E-state index in [1.165, 1.54) is 0 Å². The lowest BCUT2D eigenvalue weighted by atomic mass is 9.76. The highest BCUT2D eigenvalue weighted by molar-refractivity contribution is 5.85. The number of hydrogen-bond donors (Lipinski definition) is 2. The molecule has 126 valence electrons. The number of carbonyl (C=O) groups is 2. The van der Waals surface area contributed by atoms with E-state index in [0.29, 0.717) is 18.4 Å². The number of benzene rings is 1. The first kappa shape index (κ1) is 14.7. The molecule has 0 aromatic heterocycles. The quantitative estimate of drug-likeness (QED) is 0.846. The van der Waals surface area contributed by atoms with Crippen molar-refractivity contribution in [3.8, 4) is 0 Å². The van der Waals surface area contributed by atoms with Gasteiger partial charge < -0.3 is 10.4 Å². The van der Waals surface area contributed by atoms with Gasteiger partial charge in [-0.15, -0.1) is 0 Å². The van der Waals surface area contributed by atoms with Crippen molar-refractivity contribution in [3.05, 3.63) is 35.9 Å². The minimum atomic E-state index is -2.07. The van der Waals surface area contributed by atoms with Crippen LogP contribution in [0.15, 0.2) is 30.3 Å². The maximum absolute atomic E-state index is 12.5. The Hall–Kier alpha value is -1.84. The van der Waals surface area contributed by atoms with E-state index in [1.54, 1.807) is 24.3 Å². The van der Waals surface area contributed by atoms with Crippen LogP contribution in [0.1, 0.15) is 47.8 Å². The zero-order valence-electron chi connectivity index (χ0n) is 15.8. The van der Waals surface area contributed by atoms with Gasteiger partial charge in [0, 0.05) is 13.7 Å². The van der Waals surface area contributed by atoms with Crippen molar-refractivity contribution in [3.63, 3.8) is 0 Å². The van der Waals surface area contributed by atoms with Crippen LogP contribution in [0.2, 0.25) is 0 Å². The maximum Gasteiger partial charge on any atom is 0.326 e. The van der Waals surface area contributed by atoms with E-state index in [4.69, 9.17) is 2.74 Å². The average Bonchev–Trinajstić information content (AvgIpc) is 2.54. The van der Waals surface area contributed by atoms with Gasteiger partial charge in [-0.05, 0) is 43.1 Å². The minimum Gasteiger partial charge on any atom is -0.480 e. The van der Waals surface area contributed by atoms with Crippen LogP contribution < -0.4 is 5.32 Å². The molecule has 0 saturated heterocycles. The van der Waals surface area contributed by atoms with Gasteiger partial charge in [0.05, 0.1) is 1.37 Å². The zero-order chi connectivity index (χ0) is 18.7. The molecule has 23 heavy (non-hydrogen) atoms. The molecule has 1 aliphatic carbocycles. The molecule has 1 amide bonds. The van der Waals surface area contributed by atoms with Crippen molar-refractivity contribution < 1.29 is 17.4 Å². The second-order valence-corrected chi connectivity index (χ2v) is 6.56. The van der Waals surface area contributed by atoms with Crippen LogP contribution in [0.4, 0.5) is 0 Å². The van der Waals surface area contributed by atoms with Gasteiger partial charge in [0.25, 0.3) is 0 Å². The van der Waals surface area contributed by atoms with Gasteiger partial charge in [0.15, 0.2) is 0 Å². The fourth-order valence-electron chi connectivity index (χ4n) is 3.16. The van der Waals surface area contributed by atoms with Crippen molar-refractivity contribution in [1.29, 1.82) is 0 Å². The van der Waals surface area contributed by atoms with Gasteiger partial charge in [-0.3, -0.25) is 4.79 Å². The van der Waals surface area contributed by atoms with Gasteiger partial charge in [-0.2, -0.15) is 0 Å². The molecule has 0 heterocycles. The molecule has 0 bridgehead atoms. The van der Waals surface area contributed by atoms with Crippen molar-refractivity contribution in [2.75, 3.05) is 0 Å². The minimum absolute atomic E-state index is 0.0794. The average molecular weight is 319 g/mol. The molecule has 2 rings (SSSR count). The summed E-state index contributed by atoms with van der Waals surface area (Å²) in [4.78, 5) is 24.1. The first-order valence-corrected chi connectivity index (χ1v) is 8.21. The molecule has 0 aliphatic heterocycles. The summed E-state index contributed by atoms with van der Waals surface area (Å²) < 4.78 is 16.4. The molecule has 2 N–H and O–H groups in total. The molecular weight excluding hydrogens is 290 g/mol. The lowest BCUT2D eigenvalue weighted by Gasteiger charge is -2.30. The lowest BCUT2D eigenvalue weighted by Crippen LogP contribution is -2.45. The first-order chi connectivity index (χ1) is 11.6. The number of carboxylic acid groups (broad SMARTS) is 1. The Labute approximate surface area is 141 Å². The number of rotatable bonds is 6. The first-order valence-electron chi connectivity index (χ1n) is 9.21. The molecule has 4 heteroatoms. The standard InChI is InChI=1S/C19H27NO3/c1-13(2)15-8-10-16(11-9-15)18(21)20-17(19(22)23)12-14-6-4-3-5-7-14/h3-7,13,15-17H,8-12H2,1-2H3,(H,20,21)(H,22,23)/t15?,16?,17-/m0/s1/i13D,17D. The molecule has 0 spiro atoms. The third kappa shape index (κ3) is 5.08. The van der Waals surface area contributed by atoms with Crippen molar-refractivity contribution >= 4 is 11.9 Å². The molecule has 4 nitrogen and oxygen atoms in total. The van der Waals surface area contributed by atoms with E-state index in [0.717, 1.165) is 12.8 Å². The predicted octanol–water partition coefficient (Wildman–Crippen LogP) is 3.26. The molecular formula is C19H27NO3. The van der Waals surface area contributed by atoms with Crippen LogP contribution in [0, 0.1) is 17.7 Å². The molecule has 1 fully saturated rings. The van der Waals surface area contributed by atoms with E-state index < -0.39 is 17.9 Å². The third-order valence-electron chi connectivity index (χ3n) is 4.67. The fraction of sp³-hybridized carbons (Fsp3) is 0.579.